The number of aliphatic carboxylic acids is 1. The van der Waals surface area contributed by atoms with E-state index in [4.69, 9.17) is 45.9 Å². The second-order valence-electron chi connectivity index (χ2n) is 18.6. The zero-order chi connectivity index (χ0) is 58.5. The number of likely N-dealkylation sites (tertiary alicyclic amines) is 1. The molecular formula is C44H81N19O14. The van der Waals surface area contributed by atoms with Gasteiger partial charge in [0.25, 0.3) is 0 Å². The zero-order valence-electron chi connectivity index (χ0n) is 43.7. The molecule has 0 unspecified atom stereocenters. The first kappa shape index (κ1) is 67.4. The van der Waals surface area contributed by atoms with Crippen LogP contribution in [0.15, 0.2) is 15.0 Å². The van der Waals surface area contributed by atoms with Crippen LogP contribution in [0.25, 0.3) is 0 Å². The van der Waals surface area contributed by atoms with Crippen LogP contribution in [0.5, 0.6) is 0 Å². The highest BCUT2D eigenvalue weighted by Crippen LogP contribution is 2.20. The topological polar surface area (TPSA) is 584 Å². The fraction of sp³-hybridized carbons (Fsp3) is 0.705. The number of carbonyl (C=O) groups is 10. The molecule has 27 N–H and O–H groups in total. The summed E-state index contributed by atoms with van der Waals surface area (Å²) in [7, 11) is 0. The van der Waals surface area contributed by atoms with E-state index < -0.39 is 146 Å². The molecule has 77 heavy (non-hydrogen) atoms. The van der Waals surface area contributed by atoms with Crippen molar-refractivity contribution in [2.75, 3.05) is 39.4 Å². The van der Waals surface area contributed by atoms with Crippen LogP contribution in [0.1, 0.15) is 91.4 Å². The Hall–Kier alpha value is -7.65. The van der Waals surface area contributed by atoms with Crippen LogP contribution in [-0.4, -0.2) is 202 Å². The van der Waals surface area contributed by atoms with Crippen LogP contribution in [0, 0.1) is 5.92 Å². The maximum Gasteiger partial charge on any atom is 0.326 e. The summed E-state index contributed by atoms with van der Waals surface area (Å²) in [5, 5.41) is 56.8. The summed E-state index contributed by atoms with van der Waals surface area (Å²) < 4.78 is 0. The van der Waals surface area contributed by atoms with Crippen LogP contribution in [0.2, 0.25) is 0 Å². The third-order valence-electron chi connectivity index (χ3n) is 11.6. The molecule has 0 aromatic rings. The molecule has 1 aliphatic heterocycles. The van der Waals surface area contributed by atoms with E-state index in [-0.39, 0.29) is 94.9 Å². The molecule has 1 aliphatic rings. The molecule has 0 bridgehead atoms. The summed E-state index contributed by atoms with van der Waals surface area (Å²) in [6.45, 7) is 2.58. The van der Waals surface area contributed by atoms with Crippen molar-refractivity contribution in [3.63, 3.8) is 0 Å². The van der Waals surface area contributed by atoms with Gasteiger partial charge in [-0.25, -0.2) is 4.79 Å². The van der Waals surface area contributed by atoms with Crippen molar-refractivity contribution in [3.05, 3.63) is 0 Å². The van der Waals surface area contributed by atoms with Gasteiger partial charge in [-0.3, -0.25) is 58.1 Å². The molecule has 10 atom stereocenters. The van der Waals surface area contributed by atoms with Crippen molar-refractivity contribution >= 4 is 77.0 Å². The fourth-order valence-electron chi connectivity index (χ4n) is 7.62. The number of aliphatic hydroxyl groups is 3. The number of carboxylic acid groups (broad SMARTS) is 1. The lowest BCUT2D eigenvalue weighted by Gasteiger charge is -2.29. The second kappa shape index (κ2) is 34.8. The highest BCUT2D eigenvalue weighted by Gasteiger charge is 2.39. The quantitative estimate of drug-likeness (QED) is 0.0157. The average Bonchev–Trinajstić information content (AvgIpc) is 3.85. The Kier molecular flexibility index (Phi) is 30.5. The third kappa shape index (κ3) is 25.6. The summed E-state index contributed by atoms with van der Waals surface area (Å²) in [6, 6.07) is -13.6. The van der Waals surface area contributed by atoms with Gasteiger partial charge in [-0.1, -0.05) is 13.8 Å². The first-order chi connectivity index (χ1) is 36.1. The number of rotatable bonds is 36. The molecule has 1 rings (SSSR count). The van der Waals surface area contributed by atoms with Crippen molar-refractivity contribution in [1.29, 1.82) is 0 Å². The number of guanidine groups is 3. The van der Waals surface area contributed by atoms with Gasteiger partial charge in [0, 0.05) is 32.6 Å². The maximum absolute atomic E-state index is 14.1. The number of aliphatic imine (C=N–C) groups is 3. The van der Waals surface area contributed by atoms with E-state index in [1.165, 1.54) is 4.90 Å². The number of carbonyl (C=O) groups excluding carboxylic acids is 9. The van der Waals surface area contributed by atoms with E-state index in [0.29, 0.717) is 12.8 Å². The predicted molar refractivity (Wildman–Crippen MR) is 277 cm³/mol. The minimum Gasteiger partial charge on any atom is -0.480 e. The highest BCUT2D eigenvalue weighted by molar-refractivity contribution is 5.98. The molecule has 33 heteroatoms. The fourth-order valence-corrected chi connectivity index (χ4v) is 7.62. The molecule has 1 fully saturated rings. The molecule has 1 heterocycles. The summed E-state index contributed by atoms with van der Waals surface area (Å²) in [5.74, 6) is -11.1. The number of carboxylic acids is 1. The van der Waals surface area contributed by atoms with Crippen molar-refractivity contribution < 1.29 is 68.4 Å². The number of hydrogen-bond donors (Lipinski definition) is 19. The van der Waals surface area contributed by atoms with E-state index in [1.54, 1.807) is 13.8 Å². The number of amides is 9. The van der Waals surface area contributed by atoms with Crippen LogP contribution in [0.3, 0.4) is 0 Å². The van der Waals surface area contributed by atoms with Crippen molar-refractivity contribution in [2.45, 2.75) is 152 Å². The van der Waals surface area contributed by atoms with E-state index in [1.807, 2.05) is 0 Å². The lowest BCUT2D eigenvalue weighted by atomic mass is 10.0. The number of primary amides is 1. The van der Waals surface area contributed by atoms with Crippen molar-refractivity contribution in [1.82, 2.24) is 42.1 Å². The number of aliphatic hydroxyl groups excluding tert-OH is 3. The summed E-state index contributed by atoms with van der Waals surface area (Å²) >= 11 is 0. The van der Waals surface area contributed by atoms with Gasteiger partial charge in [0.15, 0.2) is 17.9 Å². The van der Waals surface area contributed by atoms with Gasteiger partial charge < -0.3 is 108 Å². The van der Waals surface area contributed by atoms with Gasteiger partial charge in [0.2, 0.25) is 53.2 Å². The number of nitrogens with two attached hydrogens (primary N) is 8. The molecule has 33 nitrogen and oxygen atoms in total. The molecule has 0 aliphatic carbocycles. The lowest BCUT2D eigenvalue weighted by molar-refractivity contribution is -0.143. The van der Waals surface area contributed by atoms with Gasteiger partial charge >= 0.3 is 5.97 Å². The highest BCUT2D eigenvalue weighted by atomic mass is 16.4. The monoisotopic (exact) mass is 1100 g/mol. The molecule has 0 saturated carbocycles. The summed E-state index contributed by atoms with van der Waals surface area (Å²) in [6.07, 6.45) is -1.48. The van der Waals surface area contributed by atoms with Crippen molar-refractivity contribution in [3.8, 4) is 0 Å². The Labute approximate surface area is 444 Å². The molecule has 0 spiro atoms. The maximum atomic E-state index is 14.1. The molecule has 1 saturated heterocycles. The normalized spacial score (nSPS) is 16.5. The van der Waals surface area contributed by atoms with Gasteiger partial charge in [0.05, 0.1) is 25.4 Å². The van der Waals surface area contributed by atoms with E-state index in [0.717, 1.165) is 6.92 Å². The molecular weight excluding hydrogens is 1020 g/mol. The lowest BCUT2D eigenvalue weighted by Crippen LogP contribution is -2.62. The Morgan fingerprint density at radius 2 is 0.961 bits per heavy atom. The Morgan fingerprint density at radius 1 is 0.558 bits per heavy atom. The Bertz CT molecular complexity index is 2100. The summed E-state index contributed by atoms with van der Waals surface area (Å²) in [4.78, 5) is 145. The average molecular weight is 1100 g/mol. The van der Waals surface area contributed by atoms with Gasteiger partial charge in [-0.2, -0.15) is 0 Å². The van der Waals surface area contributed by atoms with Gasteiger partial charge in [-0.15, -0.1) is 0 Å². The molecule has 0 aromatic heterocycles. The molecule has 9 amide bonds. The number of nitrogens with one attached hydrogen (secondary N) is 7. The Morgan fingerprint density at radius 3 is 1.39 bits per heavy atom. The Balaban J connectivity index is 3.36. The molecule has 0 radical (unpaired) electrons. The van der Waals surface area contributed by atoms with Gasteiger partial charge in [0.1, 0.15) is 48.3 Å². The first-order valence-electron chi connectivity index (χ1n) is 24.9. The van der Waals surface area contributed by atoms with E-state index in [2.05, 4.69) is 52.2 Å². The first-order valence-corrected chi connectivity index (χ1v) is 24.9. The number of hydrogen-bond acceptors (Lipinski definition) is 17. The van der Waals surface area contributed by atoms with Crippen LogP contribution in [0.4, 0.5) is 0 Å². The zero-order valence-corrected chi connectivity index (χ0v) is 43.7. The third-order valence-corrected chi connectivity index (χ3v) is 11.6. The van der Waals surface area contributed by atoms with E-state index >= 15 is 0 Å². The minimum atomic E-state index is -1.93. The smallest absolute Gasteiger partial charge is 0.326 e. The van der Waals surface area contributed by atoms with Crippen LogP contribution in [-0.2, 0) is 47.9 Å². The standard InChI is InChI=1S/C44H81N19O14/c1-21(2)18-27(41(76)77)59-35(70)26(12-13-31(46)67)58-39(74)32(22(3)66)62-37(72)29(20-65)61-36(71)28(19-64)60-34(69)24(9-5-15-54-43(49)50)56-33(68)25(10-6-16-55-44(51)52)57-38(73)30-11-7-17-63(30)40(75)23(45)8-4-14-53-42(47)48/h21-30,32,64-66H,4-20,45H2,1-3H3,(H2,46,67)(H,56,68)(H,57,73)(H,58,74)(H,59,70)(H,60,69)(H,61,71)(H,62,72)(H,76,77)(H4,47,48,53)(H4,49,50,54)(H4,51,52,55)/t22-,23+,24+,25+,26+,27+,28+,29+,30+,32+/m1/s1. The summed E-state index contributed by atoms with van der Waals surface area (Å²) in [5.41, 5.74) is 44.0. The van der Waals surface area contributed by atoms with E-state index in [9.17, 15) is 68.4 Å². The largest absolute Gasteiger partial charge is 0.480 e. The van der Waals surface area contributed by atoms with Crippen LogP contribution < -0.4 is 83.1 Å². The predicted octanol–water partition coefficient (Wildman–Crippen LogP) is -9.38. The molecule has 0 aromatic carbocycles. The molecule has 436 valence electrons. The minimum absolute atomic E-state index is 0.00318. The SMILES string of the molecule is CC(C)C[C@H](NC(=O)[C@H](CCC(N)=O)NC(=O)[C@@H](NC(=O)[C@H](CO)NC(=O)[C@H](CO)NC(=O)[C@H](CCCN=C(N)N)NC(=O)[C@H](CCCN=C(N)N)NC(=O)[C@@H]1CCCN1C(=O)[C@@H](N)CCCN=C(N)N)[C@@H](C)O)C(=O)O. The number of nitrogens with zero attached hydrogens (tertiary/aromatic N) is 4. The van der Waals surface area contributed by atoms with Crippen molar-refractivity contribution in [2.24, 2.45) is 66.8 Å². The second-order valence-corrected chi connectivity index (χ2v) is 18.6. The van der Waals surface area contributed by atoms with Gasteiger partial charge in [-0.05, 0) is 77.0 Å². The van der Waals surface area contributed by atoms with Crippen LogP contribution >= 0.6 is 0 Å².